The van der Waals surface area contributed by atoms with Crippen molar-refractivity contribution in [2.45, 2.75) is 25.3 Å². The van der Waals surface area contributed by atoms with Gasteiger partial charge >= 0.3 is 0 Å². The van der Waals surface area contributed by atoms with Gasteiger partial charge in [0, 0.05) is 37.1 Å². The van der Waals surface area contributed by atoms with E-state index in [-0.39, 0.29) is 6.54 Å². The first kappa shape index (κ1) is 18.4. The van der Waals surface area contributed by atoms with Gasteiger partial charge in [-0.25, -0.2) is 13.1 Å². The van der Waals surface area contributed by atoms with Crippen LogP contribution in [-0.4, -0.2) is 22.5 Å². The number of nitrogens with one attached hydrogen (secondary N) is 1. The SMILES string of the molecule is Cc1cc(C)cc(CNS(=O)(=O)c2cccc3c(N(C)C)cccc23)c1. The molecular formula is C21H24N2O2S. The molecule has 0 saturated carbocycles. The Bertz CT molecular complexity index is 1040. The van der Waals surface area contributed by atoms with Crippen molar-refractivity contribution in [3.8, 4) is 0 Å². The van der Waals surface area contributed by atoms with Gasteiger partial charge in [-0.3, -0.25) is 0 Å². The maximum Gasteiger partial charge on any atom is 0.241 e. The summed E-state index contributed by atoms with van der Waals surface area (Å²) in [5.41, 5.74) is 4.20. The molecule has 0 unspecified atom stereocenters. The topological polar surface area (TPSA) is 49.4 Å². The van der Waals surface area contributed by atoms with Crippen LogP contribution >= 0.6 is 0 Å². The molecule has 0 saturated heterocycles. The average Bonchev–Trinajstić information content (AvgIpc) is 2.58. The molecular weight excluding hydrogens is 344 g/mol. The molecule has 0 fully saturated rings. The molecule has 0 amide bonds. The Kier molecular flexibility index (Phi) is 5.03. The van der Waals surface area contributed by atoms with Gasteiger partial charge in [-0.2, -0.15) is 0 Å². The zero-order chi connectivity index (χ0) is 18.9. The molecule has 0 bridgehead atoms. The molecule has 3 aromatic rings. The van der Waals surface area contributed by atoms with Crippen molar-refractivity contribution in [3.63, 3.8) is 0 Å². The Hall–Kier alpha value is -2.37. The fourth-order valence-electron chi connectivity index (χ4n) is 3.32. The predicted molar refractivity (Wildman–Crippen MR) is 108 cm³/mol. The second-order valence-electron chi connectivity index (χ2n) is 6.84. The Morgan fingerprint density at radius 2 is 1.50 bits per heavy atom. The minimum absolute atomic E-state index is 0.272. The van der Waals surface area contributed by atoms with Gasteiger partial charge in [-0.05, 0) is 31.5 Å². The predicted octanol–water partition coefficient (Wildman–Crippen LogP) is 4.00. The van der Waals surface area contributed by atoms with Crippen LogP contribution in [0.2, 0.25) is 0 Å². The largest absolute Gasteiger partial charge is 0.377 e. The fourth-order valence-corrected chi connectivity index (χ4v) is 4.55. The van der Waals surface area contributed by atoms with Gasteiger partial charge in [-0.1, -0.05) is 53.6 Å². The highest BCUT2D eigenvalue weighted by molar-refractivity contribution is 7.89. The first-order valence-corrected chi connectivity index (χ1v) is 10.0. The van der Waals surface area contributed by atoms with E-state index in [4.69, 9.17) is 0 Å². The van der Waals surface area contributed by atoms with Gasteiger partial charge in [0.1, 0.15) is 0 Å². The van der Waals surface area contributed by atoms with Gasteiger partial charge in [-0.15, -0.1) is 0 Å². The van der Waals surface area contributed by atoms with E-state index in [0.717, 1.165) is 33.2 Å². The van der Waals surface area contributed by atoms with E-state index in [1.54, 1.807) is 12.1 Å². The Balaban J connectivity index is 1.98. The van der Waals surface area contributed by atoms with Crippen LogP contribution in [-0.2, 0) is 16.6 Å². The lowest BCUT2D eigenvalue weighted by atomic mass is 10.1. The van der Waals surface area contributed by atoms with Crippen LogP contribution in [0, 0.1) is 13.8 Å². The average molecular weight is 369 g/mol. The minimum Gasteiger partial charge on any atom is -0.377 e. The Morgan fingerprint density at radius 3 is 2.15 bits per heavy atom. The smallest absolute Gasteiger partial charge is 0.241 e. The number of rotatable bonds is 5. The van der Waals surface area contributed by atoms with Crippen molar-refractivity contribution in [2.24, 2.45) is 0 Å². The summed E-state index contributed by atoms with van der Waals surface area (Å²) in [5, 5.41) is 1.65. The molecule has 0 spiro atoms. The summed E-state index contributed by atoms with van der Waals surface area (Å²) in [6.07, 6.45) is 0. The second kappa shape index (κ2) is 7.09. The lowest BCUT2D eigenvalue weighted by Gasteiger charge is -2.17. The number of hydrogen-bond donors (Lipinski definition) is 1. The zero-order valence-corrected chi connectivity index (χ0v) is 16.4. The van der Waals surface area contributed by atoms with E-state index in [9.17, 15) is 8.42 Å². The summed E-state index contributed by atoms with van der Waals surface area (Å²) in [4.78, 5) is 2.30. The third kappa shape index (κ3) is 3.74. The molecule has 0 aliphatic heterocycles. The van der Waals surface area contributed by atoms with E-state index in [0.29, 0.717) is 4.90 Å². The third-order valence-electron chi connectivity index (χ3n) is 4.38. The van der Waals surface area contributed by atoms with E-state index < -0.39 is 10.0 Å². The quantitative estimate of drug-likeness (QED) is 0.740. The number of benzene rings is 3. The fraction of sp³-hybridized carbons (Fsp3) is 0.238. The number of anilines is 1. The Morgan fingerprint density at radius 1 is 0.885 bits per heavy atom. The minimum atomic E-state index is -3.62. The number of nitrogens with zero attached hydrogens (tertiary/aromatic N) is 1. The van der Waals surface area contributed by atoms with Crippen molar-refractivity contribution in [1.82, 2.24) is 4.72 Å². The van der Waals surface area contributed by atoms with Crippen LogP contribution < -0.4 is 9.62 Å². The highest BCUT2D eigenvalue weighted by Crippen LogP contribution is 2.30. The summed E-state index contributed by atoms with van der Waals surface area (Å²) < 4.78 is 28.6. The van der Waals surface area contributed by atoms with Gasteiger partial charge < -0.3 is 4.90 Å². The van der Waals surface area contributed by atoms with E-state index in [2.05, 4.69) is 10.8 Å². The molecule has 0 heterocycles. The maximum atomic E-state index is 12.9. The lowest BCUT2D eigenvalue weighted by Crippen LogP contribution is -2.23. The number of hydrogen-bond acceptors (Lipinski definition) is 3. The Labute approximate surface area is 155 Å². The van der Waals surface area contributed by atoms with Crippen LogP contribution in [0.3, 0.4) is 0 Å². The summed E-state index contributed by atoms with van der Waals surface area (Å²) in [7, 11) is 0.284. The molecule has 0 aliphatic carbocycles. The van der Waals surface area contributed by atoms with Gasteiger partial charge in [0.15, 0.2) is 0 Å². The zero-order valence-electron chi connectivity index (χ0n) is 15.6. The summed E-state index contributed by atoms with van der Waals surface area (Å²) in [5.74, 6) is 0. The van der Waals surface area contributed by atoms with Crippen molar-refractivity contribution in [3.05, 3.63) is 71.3 Å². The van der Waals surface area contributed by atoms with Crippen LogP contribution in [0.4, 0.5) is 5.69 Å². The standard InChI is InChI=1S/C21H24N2O2S/c1-15-11-16(2)13-17(12-15)14-22-26(24,25)21-10-6-7-18-19(21)8-5-9-20(18)23(3)4/h5-13,22H,14H2,1-4H3. The summed E-state index contributed by atoms with van der Waals surface area (Å²) >= 11 is 0. The van der Waals surface area contributed by atoms with Gasteiger partial charge in [0.2, 0.25) is 10.0 Å². The maximum absolute atomic E-state index is 12.9. The van der Waals surface area contributed by atoms with Crippen LogP contribution in [0.15, 0.2) is 59.5 Å². The molecule has 0 atom stereocenters. The van der Waals surface area contributed by atoms with Gasteiger partial charge in [0.05, 0.1) is 4.90 Å². The van der Waals surface area contributed by atoms with Crippen molar-refractivity contribution >= 4 is 26.5 Å². The number of sulfonamides is 1. The number of aryl methyl sites for hydroxylation is 2. The summed E-state index contributed by atoms with van der Waals surface area (Å²) in [6.45, 7) is 4.30. The third-order valence-corrected chi connectivity index (χ3v) is 5.84. The van der Waals surface area contributed by atoms with E-state index in [1.165, 1.54) is 0 Å². The van der Waals surface area contributed by atoms with Gasteiger partial charge in [0.25, 0.3) is 0 Å². The van der Waals surface area contributed by atoms with Crippen molar-refractivity contribution < 1.29 is 8.42 Å². The van der Waals surface area contributed by atoms with E-state index in [1.807, 2.05) is 69.2 Å². The molecule has 1 N–H and O–H groups in total. The second-order valence-corrected chi connectivity index (χ2v) is 8.58. The molecule has 3 rings (SSSR count). The highest BCUT2D eigenvalue weighted by atomic mass is 32.2. The first-order valence-electron chi connectivity index (χ1n) is 8.54. The van der Waals surface area contributed by atoms with Crippen LogP contribution in [0.25, 0.3) is 10.8 Å². The monoisotopic (exact) mass is 368 g/mol. The molecule has 0 aliphatic rings. The number of fused-ring (bicyclic) bond motifs is 1. The lowest BCUT2D eigenvalue weighted by molar-refractivity contribution is 0.582. The molecule has 26 heavy (non-hydrogen) atoms. The molecule has 3 aromatic carbocycles. The van der Waals surface area contributed by atoms with E-state index >= 15 is 0 Å². The van der Waals surface area contributed by atoms with Crippen LogP contribution in [0.5, 0.6) is 0 Å². The molecule has 4 nitrogen and oxygen atoms in total. The van der Waals surface area contributed by atoms with Crippen LogP contribution in [0.1, 0.15) is 16.7 Å². The first-order chi connectivity index (χ1) is 12.3. The molecule has 0 aromatic heterocycles. The normalized spacial score (nSPS) is 11.7. The molecule has 0 radical (unpaired) electrons. The van der Waals surface area contributed by atoms with Crippen molar-refractivity contribution in [2.75, 3.05) is 19.0 Å². The molecule has 136 valence electrons. The summed E-state index contributed by atoms with van der Waals surface area (Å²) in [6, 6.07) is 17.2. The highest BCUT2D eigenvalue weighted by Gasteiger charge is 2.18. The molecule has 5 heteroatoms. The van der Waals surface area contributed by atoms with Crippen molar-refractivity contribution in [1.29, 1.82) is 0 Å².